The van der Waals surface area contributed by atoms with E-state index in [-0.39, 0.29) is 11.8 Å². The Hall–Kier alpha value is -1.85. The summed E-state index contributed by atoms with van der Waals surface area (Å²) in [7, 11) is 0. The van der Waals surface area contributed by atoms with Crippen LogP contribution in [0.1, 0.15) is 25.3 Å². The van der Waals surface area contributed by atoms with Crippen LogP contribution in [0.3, 0.4) is 0 Å². The summed E-state index contributed by atoms with van der Waals surface area (Å²) in [6.45, 7) is 8.93. The molecule has 1 aromatic carbocycles. The van der Waals surface area contributed by atoms with Crippen molar-refractivity contribution in [2.24, 2.45) is 11.8 Å². The van der Waals surface area contributed by atoms with Gasteiger partial charge in [0.2, 0.25) is 5.91 Å². The first-order valence-corrected chi connectivity index (χ1v) is 7.67. The van der Waals surface area contributed by atoms with Crippen molar-refractivity contribution in [3.63, 3.8) is 0 Å². The maximum atomic E-state index is 11.6. The lowest BCUT2D eigenvalue weighted by Crippen LogP contribution is -2.44. The van der Waals surface area contributed by atoms with Crippen LogP contribution in [0.2, 0.25) is 0 Å². The van der Waals surface area contributed by atoms with Gasteiger partial charge in [0, 0.05) is 13.1 Å². The van der Waals surface area contributed by atoms with Crippen molar-refractivity contribution in [3.05, 3.63) is 42.0 Å². The highest BCUT2D eigenvalue weighted by atomic mass is 16.5. The van der Waals surface area contributed by atoms with Crippen molar-refractivity contribution in [1.29, 1.82) is 0 Å². The summed E-state index contributed by atoms with van der Waals surface area (Å²) in [5.41, 5.74) is 4.48. The second-order valence-electron chi connectivity index (χ2n) is 5.97. The molecule has 2 rings (SSSR count). The van der Waals surface area contributed by atoms with Gasteiger partial charge in [-0.3, -0.25) is 15.1 Å². The third-order valence-corrected chi connectivity index (χ3v) is 3.83. The minimum atomic E-state index is -0.0618. The topological polar surface area (TPSA) is 67.6 Å². The van der Waals surface area contributed by atoms with Crippen molar-refractivity contribution in [2.45, 2.75) is 26.3 Å². The number of ether oxygens (including phenoxy) is 1. The minimum absolute atomic E-state index is 0.00285. The van der Waals surface area contributed by atoms with Gasteiger partial charge >= 0.3 is 0 Å². The van der Waals surface area contributed by atoms with Gasteiger partial charge in [-0.2, -0.15) is 0 Å². The van der Waals surface area contributed by atoms with Crippen LogP contribution in [-0.2, 0) is 11.3 Å². The van der Waals surface area contributed by atoms with Gasteiger partial charge in [0.25, 0.3) is 0 Å². The average Bonchev–Trinajstić information content (AvgIpc) is 2.53. The summed E-state index contributed by atoms with van der Waals surface area (Å²) in [4.78, 5) is 13.9. The zero-order valence-corrected chi connectivity index (χ0v) is 13.2. The highest BCUT2D eigenvalue weighted by Gasteiger charge is 2.25. The van der Waals surface area contributed by atoms with Crippen LogP contribution >= 0.6 is 0 Å². The largest absolute Gasteiger partial charge is 0.489 e. The molecule has 1 aromatic rings. The molecule has 1 saturated heterocycles. The Morgan fingerprint density at radius 1 is 1.45 bits per heavy atom. The number of piperidine rings is 1. The molecule has 3 N–H and O–H groups in total. The number of rotatable bonds is 6. The van der Waals surface area contributed by atoms with E-state index in [2.05, 4.69) is 29.0 Å². The smallest absolute Gasteiger partial charge is 0.238 e. The number of hydrazine groups is 1. The minimum Gasteiger partial charge on any atom is -0.489 e. The van der Waals surface area contributed by atoms with Crippen LogP contribution < -0.4 is 16.0 Å². The SMILES string of the molecule is C=C(C)COc1ccc(CN2CCCC(C(=O)NN)C2)cc1. The molecule has 1 amide bonds. The second kappa shape index (κ2) is 7.96. The Labute approximate surface area is 132 Å². The molecule has 1 unspecified atom stereocenters. The van der Waals surface area contributed by atoms with Crippen molar-refractivity contribution in [1.82, 2.24) is 10.3 Å². The lowest BCUT2D eigenvalue weighted by molar-refractivity contribution is -0.126. The Kier molecular flexibility index (Phi) is 5.98. The van der Waals surface area contributed by atoms with Gasteiger partial charge < -0.3 is 4.74 Å². The van der Waals surface area contributed by atoms with E-state index in [1.807, 2.05) is 19.1 Å². The Bertz CT molecular complexity index is 513. The molecule has 22 heavy (non-hydrogen) atoms. The molecule has 1 aliphatic heterocycles. The molecule has 1 heterocycles. The number of hydrogen-bond acceptors (Lipinski definition) is 4. The molecular weight excluding hydrogens is 278 g/mol. The van der Waals surface area contributed by atoms with E-state index in [1.165, 1.54) is 5.56 Å². The Balaban J connectivity index is 1.87. The molecule has 0 radical (unpaired) electrons. The summed E-state index contributed by atoms with van der Waals surface area (Å²) in [5, 5.41) is 0. The number of carbonyl (C=O) groups is 1. The van der Waals surface area contributed by atoms with E-state index in [1.54, 1.807) is 0 Å². The van der Waals surface area contributed by atoms with E-state index in [9.17, 15) is 4.79 Å². The molecule has 1 aliphatic rings. The zero-order valence-electron chi connectivity index (χ0n) is 13.2. The Morgan fingerprint density at radius 2 is 2.18 bits per heavy atom. The van der Waals surface area contributed by atoms with Gasteiger partial charge in [-0.15, -0.1) is 0 Å². The highest BCUT2D eigenvalue weighted by molar-refractivity contribution is 5.78. The van der Waals surface area contributed by atoms with Gasteiger partial charge in [-0.1, -0.05) is 18.7 Å². The number of nitrogens with two attached hydrogens (primary N) is 1. The van der Waals surface area contributed by atoms with Gasteiger partial charge in [0.05, 0.1) is 5.92 Å². The number of hydrogen-bond donors (Lipinski definition) is 2. The number of likely N-dealkylation sites (tertiary alicyclic amines) is 1. The molecule has 0 aromatic heterocycles. The maximum Gasteiger partial charge on any atom is 0.238 e. The monoisotopic (exact) mass is 303 g/mol. The predicted octanol–water partition coefficient (Wildman–Crippen LogP) is 1.84. The normalized spacial score (nSPS) is 18.7. The van der Waals surface area contributed by atoms with Crippen LogP contribution in [0.4, 0.5) is 0 Å². The fourth-order valence-corrected chi connectivity index (χ4v) is 2.69. The van der Waals surface area contributed by atoms with Crippen molar-refractivity contribution < 1.29 is 9.53 Å². The molecule has 1 atom stereocenters. The van der Waals surface area contributed by atoms with E-state index in [0.717, 1.165) is 43.8 Å². The second-order valence-corrected chi connectivity index (χ2v) is 5.97. The van der Waals surface area contributed by atoms with Gasteiger partial charge in [-0.25, -0.2) is 5.84 Å². The highest BCUT2D eigenvalue weighted by Crippen LogP contribution is 2.20. The van der Waals surface area contributed by atoms with Crippen molar-refractivity contribution in [3.8, 4) is 5.75 Å². The molecule has 5 nitrogen and oxygen atoms in total. The third-order valence-electron chi connectivity index (χ3n) is 3.83. The summed E-state index contributed by atoms with van der Waals surface area (Å²) in [6.07, 6.45) is 1.94. The summed E-state index contributed by atoms with van der Waals surface area (Å²) in [5.74, 6) is 6.02. The fourth-order valence-electron chi connectivity index (χ4n) is 2.69. The number of nitrogens with zero attached hydrogens (tertiary/aromatic N) is 1. The first kappa shape index (κ1) is 16.5. The van der Waals surface area contributed by atoms with Crippen molar-refractivity contribution >= 4 is 5.91 Å². The molecule has 5 heteroatoms. The molecular formula is C17H25N3O2. The van der Waals surface area contributed by atoms with E-state index >= 15 is 0 Å². The third kappa shape index (κ3) is 4.86. The average molecular weight is 303 g/mol. The summed E-state index contributed by atoms with van der Waals surface area (Å²) >= 11 is 0. The maximum absolute atomic E-state index is 11.6. The predicted molar refractivity (Wildman–Crippen MR) is 87.1 cm³/mol. The standard InChI is InChI=1S/C17H25N3O2/c1-13(2)12-22-16-7-5-14(6-8-16)10-20-9-3-4-15(11-20)17(21)19-18/h5-8,15H,1,3-4,9-12,18H2,2H3,(H,19,21). The first-order chi connectivity index (χ1) is 10.6. The van der Waals surface area contributed by atoms with Crippen LogP contribution in [0, 0.1) is 5.92 Å². The molecule has 0 aliphatic carbocycles. The lowest BCUT2D eigenvalue weighted by Gasteiger charge is -2.31. The summed E-state index contributed by atoms with van der Waals surface area (Å²) < 4.78 is 5.60. The Morgan fingerprint density at radius 3 is 2.82 bits per heavy atom. The molecule has 0 bridgehead atoms. The van der Waals surface area contributed by atoms with Crippen molar-refractivity contribution in [2.75, 3.05) is 19.7 Å². The van der Waals surface area contributed by atoms with E-state index in [0.29, 0.717) is 6.61 Å². The quantitative estimate of drug-likeness (QED) is 0.364. The molecule has 0 spiro atoms. The van der Waals surface area contributed by atoms with Gasteiger partial charge in [0.1, 0.15) is 12.4 Å². The van der Waals surface area contributed by atoms with Crippen LogP contribution in [0.15, 0.2) is 36.4 Å². The summed E-state index contributed by atoms with van der Waals surface area (Å²) in [6, 6.07) is 8.10. The molecule has 1 fully saturated rings. The van der Waals surface area contributed by atoms with Gasteiger partial charge in [0.15, 0.2) is 0 Å². The fraction of sp³-hybridized carbons (Fsp3) is 0.471. The molecule has 0 saturated carbocycles. The first-order valence-electron chi connectivity index (χ1n) is 7.67. The van der Waals surface area contributed by atoms with E-state index in [4.69, 9.17) is 10.6 Å². The van der Waals surface area contributed by atoms with Crippen LogP contribution in [-0.4, -0.2) is 30.5 Å². The van der Waals surface area contributed by atoms with Crippen LogP contribution in [0.25, 0.3) is 0 Å². The zero-order chi connectivity index (χ0) is 15.9. The van der Waals surface area contributed by atoms with Crippen LogP contribution in [0.5, 0.6) is 5.75 Å². The number of amides is 1. The van der Waals surface area contributed by atoms with Gasteiger partial charge in [-0.05, 0) is 49.6 Å². The van der Waals surface area contributed by atoms with E-state index < -0.39 is 0 Å². The number of carbonyl (C=O) groups excluding carboxylic acids is 1. The lowest BCUT2D eigenvalue weighted by atomic mass is 9.97. The number of benzene rings is 1. The molecule has 120 valence electrons. The number of nitrogens with one attached hydrogen (secondary N) is 1.